The van der Waals surface area contributed by atoms with Crippen molar-refractivity contribution in [1.82, 2.24) is 10.2 Å². The molecule has 6 heteroatoms. The zero-order valence-corrected chi connectivity index (χ0v) is 16.4. The average Bonchev–Trinajstić information content (AvgIpc) is 3.16. The maximum Gasteiger partial charge on any atom is 0.224 e. The minimum Gasteiger partial charge on any atom is -0.394 e. The maximum absolute atomic E-state index is 12.8. The smallest absolute Gasteiger partial charge is 0.224 e. The number of hydrogen-bond donors (Lipinski definition) is 3. The Hall–Kier alpha value is -1.40. The lowest BCUT2D eigenvalue weighted by Crippen LogP contribution is -2.44. The molecule has 1 saturated heterocycles. The Balaban J connectivity index is 1.90. The third-order valence-electron chi connectivity index (χ3n) is 6.06. The largest absolute Gasteiger partial charge is 0.394 e. The highest BCUT2D eigenvalue weighted by atomic mass is 16.3. The standard InChI is InChI=1S/C21H36N2O4/c1-2-7-17(13-20(26)23-11-6-10-19(23)15-25)21(27)22-18(14-24)12-16-8-4-3-5-9-16/h2,16-19,24-25H,1,3-15H2,(H,22,27)/t17-,18-,19-/m0/s1. The quantitative estimate of drug-likeness (QED) is 0.506. The maximum atomic E-state index is 12.8. The number of nitrogens with zero attached hydrogens (tertiary/aromatic N) is 1. The van der Waals surface area contributed by atoms with Crippen LogP contribution < -0.4 is 5.32 Å². The molecule has 2 rings (SSSR count). The van der Waals surface area contributed by atoms with Crippen molar-refractivity contribution in [2.45, 2.75) is 76.3 Å². The lowest BCUT2D eigenvalue weighted by atomic mass is 9.85. The second kappa shape index (κ2) is 11.4. The number of hydrogen-bond acceptors (Lipinski definition) is 4. The zero-order chi connectivity index (χ0) is 19.6. The fraction of sp³-hybridized carbons (Fsp3) is 0.810. The molecule has 2 aliphatic rings. The number of aliphatic hydroxyl groups excluding tert-OH is 2. The van der Waals surface area contributed by atoms with Crippen LogP contribution in [0.4, 0.5) is 0 Å². The van der Waals surface area contributed by atoms with Crippen molar-refractivity contribution in [3.63, 3.8) is 0 Å². The number of aliphatic hydroxyl groups is 2. The van der Waals surface area contributed by atoms with E-state index in [-0.39, 0.29) is 43.5 Å². The first-order valence-electron chi connectivity index (χ1n) is 10.5. The molecule has 2 fully saturated rings. The van der Waals surface area contributed by atoms with Gasteiger partial charge in [0.05, 0.1) is 31.2 Å². The van der Waals surface area contributed by atoms with Gasteiger partial charge in [-0.05, 0) is 31.6 Å². The zero-order valence-electron chi connectivity index (χ0n) is 16.4. The third kappa shape index (κ3) is 6.61. The van der Waals surface area contributed by atoms with Crippen molar-refractivity contribution < 1.29 is 19.8 Å². The molecule has 6 nitrogen and oxygen atoms in total. The molecule has 1 saturated carbocycles. The van der Waals surface area contributed by atoms with Crippen LogP contribution in [0.2, 0.25) is 0 Å². The predicted octanol–water partition coefficient (Wildman–Crippen LogP) is 2.00. The first kappa shape index (κ1) is 21.9. The van der Waals surface area contributed by atoms with Gasteiger partial charge in [0.25, 0.3) is 0 Å². The van der Waals surface area contributed by atoms with Crippen LogP contribution in [-0.2, 0) is 9.59 Å². The molecule has 0 bridgehead atoms. The summed E-state index contributed by atoms with van der Waals surface area (Å²) >= 11 is 0. The number of nitrogens with one attached hydrogen (secondary N) is 1. The predicted molar refractivity (Wildman–Crippen MR) is 105 cm³/mol. The fourth-order valence-corrected chi connectivity index (χ4v) is 4.49. The summed E-state index contributed by atoms with van der Waals surface area (Å²) in [6.45, 7) is 4.26. The van der Waals surface area contributed by atoms with Gasteiger partial charge < -0.3 is 20.4 Å². The molecule has 2 amide bonds. The molecular weight excluding hydrogens is 344 g/mol. The van der Waals surface area contributed by atoms with E-state index < -0.39 is 5.92 Å². The van der Waals surface area contributed by atoms with Crippen molar-refractivity contribution in [2.24, 2.45) is 11.8 Å². The van der Waals surface area contributed by atoms with Crippen LogP contribution in [0.15, 0.2) is 12.7 Å². The molecule has 0 spiro atoms. The molecule has 0 radical (unpaired) electrons. The monoisotopic (exact) mass is 380 g/mol. The van der Waals surface area contributed by atoms with Gasteiger partial charge in [-0.15, -0.1) is 6.58 Å². The SMILES string of the molecule is C=CC[C@@H](CC(=O)N1CCC[C@H]1CO)C(=O)N[C@H](CO)CC1CCCCC1. The highest BCUT2D eigenvalue weighted by Gasteiger charge is 2.31. The van der Waals surface area contributed by atoms with E-state index >= 15 is 0 Å². The molecule has 0 aromatic carbocycles. The van der Waals surface area contributed by atoms with Gasteiger partial charge in [-0.3, -0.25) is 9.59 Å². The minimum absolute atomic E-state index is 0.0297. The average molecular weight is 381 g/mol. The molecule has 1 heterocycles. The van der Waals surface area contributed by atoms with Crippen molar-refractivity contribution in [3.8, 4) is 0 Å². The summed E-state index contributed by atoms with van der Waals surface area (Å²) in [5.74, 6) is -0.180. The molecule has 27 heavy (non-hydrogen) atoms. The van der Waals surface area contributed by atoms with Crippen LogP contribution in [0.25, 0.3) is 0 Å². The van der Waals surface area contributed by atoms with E-state index in [9.17, 15) is 19.8 Å². The Bertz CT molecular complexity index is 491. The summed E-state index contributed by atoms with van der Waals surface area (Å²) in [5, 5.41) is 22.1. The van der Waals surface area contributed by atoms with Gasteiger partial charge >= 0.3 is 0 Å². The summed E-state index contributed by atoms with van der Waals surface area (Å²) in [5.41, 5.74) is 0. The summed E-state index contributed by atoms with van der Waals surface area (Å²) in [6, 6.07) is -0.374. The Labute approximate surface area is 163 Å². The summed E-state index contributed by atoms with van der Waals surface area (Å²) < 4.78 is 0. The van der Waals surface area contributed by atoms with Crippen LogP contribution in [0, 0.1) is 11.8 Å². The second-order valence-corrected chi connectivity index (χ2v) is 8.12. The van der Waals surface area contributed by atoms with Gasteiger partial charge in [0.1, 0.15) is 0 Å². The first-order valence-corrected chi connectivity index (χ1v) is 10.5. The van der Waals surface area contributed by atoms with E-state index in [2.05, 4.69) is 11.9 Å². The van der Waals surface area contributed by atoms with Crippen LogP contribution in [0.5, 0.6) is 0 Å². The van der Waals surface area contributed by atoms with Crippen molar-refractivity contribution in [1.29, 1.82) is 0 Å². The molecule has 0 aromatic heterocycles. The molecule has 3 N–H and O–H groups in total. The number of carbonyl (C=O) groups excluding carboxylic acids is 2. The summed E-state index contributed by atoms with van der Waals surface area (Å²) in [6.07, 6.45) is 10.8. The lowest BCUT2D eigenvalue weighted by molar-refractivity contribution is -0.137. The third-order valence-corrected chi connectivity index (χ3v) is 6.06. The molecular formula is C21H36N2O4. The van der Waals surface area contributed by atoms with Gasteiger partial charge in [0, 0.05) is 13.0 Å². The van der Waals surface area contributed by atoms with Crippen molar-refractivity contribution in [3.05, 3.63) is 12.7 Å². The Morgan fingerprint density at radius 2 is 1.89 bits per heavy atom. The van der Waals surface area contributed by atoms with E-state index in [0.717, 1.165) is 19.3 Å². The normalized spacial score (nSPS) is 23.0. The number of amides is 2. The van der Waals surface area contributed by atoms with E-state index in [1.807, 2.05) is 0 Å². The number of carbonyl (C=O) groups is 2. The van der Waals surface area contributed by atoms with Crippen molar-refractivity contribution in [2.75, 3.05) is 19.8 Å². The lowest BCUT2D eigenvalue weighted by Gasteiger charge is -2.28. The van der Waals surface area contributed by atoms with Gasteiger partial charge in [-0.2, -0.15) is 0 Å². The summed E-state index contributed by atoms with van der Waals surface area (Å²) in [4.78, 5) is 27.1. The topological polar surface area (TPSA) is 89.9 Å². The molecule has 0 aromatic rings. The Morgan fingerprint density at radius 3 is 2.52 bits per heavy atom. The van der Waals surface area contributed by atoms with Crippen LogP contribution in [-0.4, -0.2) is 58.8 Å². The van der Waals surface area contributed by atoms with E-state index in [1.54, 1.807) is 11.0 Å². The van der Waals surface area contributed by atoms with E-state index in [0.29, 0.717) is 18.9 Å². The molecule has 1 aliphatic heterocycles. The Kier molecular flexibility index (Phi) is 9.28. The molecule has 3 atom stereocenters. The number of allylic oxidation sites excluding steroid dienone is 1. The number of likely N-dealkylation sites (tertiary alicyclic amines) is 1. The van der Waals surface area contributed by atoms with Crippen LogP contribution in [0.3, 0.4) is 0 Å². The fourth-order valence-electron chi connectivity index (χ4n) is 4.49. The van der Waals surface area contributed by atoms with Gasteiger partial charge in [-0.25, -0.2) is 0 Å². The summed E-state index contributed by atoms with van der Waals surface area (Å²) in [7, 11) is 0. The first-order chi connectivity index (χ1) is 13.1. The molecule has 1 aliphatic carbocycles. The van der Waals surface area contributed by atoms with Crippen LogP contribution in [0.1, 0.15) is 64.2 Å². The highest BCUT2D eigenvalue weighted by molar-refractivity contribution is 5.86. The minimum atomic E-state index is -0.477. The van der Waals surface area contributed by atoms with Gasteiger partial charge in [0.15, 0.2) is 0 Å². The Morgan fingerprint density at radius 1 is 1.15 bits per heavy atom. The van der Waals surface area contributed by atoms with E-state index in [1.165, 1.54) is 32.1 Å². The van der Waals surface area contributed by atoms with E-state index in [4.69, 9.17) is 0 Å². The van der Waals surface area contributed by atoms with Gasteiger partial charge in [0.2, 0.25) is 11.8 Å². The molecule has 154 valence electrons. The van der Waals surface area contributed by atoms with Crippen molar-refractivity contribution >= 4 is 11.8 Å². The van der Waals surface area contributed by atoms with Crippen LogP contribution >= 0.6 is 0 Å². The number of rotatable bonds is 10. The molecule has 0 unspecified atom stereocenters. The highest BCUT2D eigenvalue weighted by Crippen LogP contribution is 2.27. The van der Waals surface area contributed by atoms with Gasteiger partial charge in [-0.1, -0.05) is 38.2 Å². The second-order valence-electron chi connectivity index (χ2n) is 8.12.